The molecule has 0 aromatic rings. The second-order valence-corrected chi connectivity index (χ2v) is 39.5. The molecule has 6 aliphatic rings. The van der Waals surface area contributed by atoms with Crippen molar-refractivity contribution in [2.45, 2.75) is 374 Å². The fourth-order valence-corrected chi connectivity index (χ4v) is 22.6. The molecule has 0 heterocycles. The number of nitrogens with two attached hydrogens (primary N) is 6. The van der Waals surface area contributed by atoms with Crippen molar-refractivity contribution in [2.24, 2.45) is 146 Å². The molecule has 0 aliphatic heterocycles. The van der Waals surface area contributed by atoms with Crippen molar-refractivity contribution < 1.29 is 13.9 Å². The number of aliphatic hydroxyl groups excluding tert-OH is 1. The van der Waals surface area contributed by atoms with Crippen LogP contribution in [-0.4, -0.2) is 53.4 Å². The number of hydrogen-bond acceptors (Lipinski definition) is 7. The van der Waals surface area contributed by atoms with Crippen molar-refractivity contribution >= 4 is 0 Å². The van der Waals surface area contributed by atoms with Gasteiger partial charge in [0.2, 0.25) is 5.92 Å². The van der Waals surface area contributed by atoms with E-state index in [0.29, 0.717) is 58.2 Å². The van der Waals surface area contributed by atoms with Gasteiger partial charge in [-0.1, -0.05) is 248 Å². The summed E-state index contributed by atoms with van der Waals surface area (Å²) in [5.41, 5.74) is 40.0. The Morgan fingerprint density at radius 2 is 0.753 bits per heavy atom. The van der Waals surface area contributed by atoms with E-state index in [-0.39, 0.29) is 79.1 Å². The van der Waals surface area contributed by atoms with Crippen LogP contribution in [0, 0.1) is 111 Å². The minimum absolute atomic E-state index is 0.0891. The first kappa shape index (κ1) is 82.6. The molecule has 6 rings (SSSR count). The summed E-state index contributed by atoms with van der Waals surface area (Å²) in [6.07, 6.45) is 13.9. The van der Waals surface area contributed by atoms with Crippen LogP contribution < -0.4 is 34.4 Å². The minimum atomic E-state index is -2.61. The van der Waals surface area contributed by atoms with Gasteiger partial charge in [0.05, 0.1) is 6.10 Å². The van der Waals surface area contributed by atoms with E-state index in [9.17, 15) is 13.9 Å². The number of halogens is 2. The first-order chi connectivity index (χ1) is 37.4. The summed E-state index contributed by atoms with van der Waals surface area (Å²) in [4.78, 5) is 0. The summed E-state index contributed by atoms with van der Waals surface area (Å²) in [6.45, 7) is 77.3. The zero-order valence-corrected chi connectivity index (χ0v) is 63.6. The van der Waals surface area contributed by atoms with Crippen molar-refractivity contribution in [3.63, 3.8) is 0 Å². The summed E-state index contributed by atoms with van der Waals surface area (Å²) in [7, 11) is 0. The molecule has 0 radical (unpaired) electrons. The maximum absolute atomic E-state index is 13.7. The van der Waals surface area contributed by atoms with Crippen LogP contribution >= 0.6 is 0 Å². The SMILES string of the molecule is CC(C)(C)C1(C(C)(C)C)CC(F)(F)C[C@H]1N.CC(C)C1(C(C)(C)C)CCC[C@@H]1N.CC(C)C1(C(C)(C)C)C[C@@H](O)C[C@H]1N.CC(C)C1(C(C)C)CCC[C@H]1N.CC1CCC(C(C)(C)C)(C(C)(C)C)[C@@H]1N.CC1C[C@@H](N)C(C(C)(C)C)(C(C)(C)C)C1. The lowest BCUT2D eigenvalue weighted by Crippen LogP contribution is -2.56. The molecule has 510 valence electrons. The largest absolute Gasteiger partial charge is 0.393 e. The van der Waals surface area contributed by atoms with Crippen LogP contribution in [0.4, 0.5) is 8.78 Å². The predicted molar refractivity (Wildman–Crippen MR) is 371 cm³/mol. The van der Waals surface area contributed by atoms with Crippen molar-refractivity contribution in [3.05, 3.63) is 0 Å². The van der Waals surface area contributed by atoms with E-state index in [0.717, 1.165) is 30.6 Å². The van der Waals surface area contributed by atoms with Crippen molar-refractivity contribution in [1.82, 2.24) is 0 Å². The molecule has 4 unspecified atom stereocenters. The molecular formula is C76H156F2N6O. The van der Waals surface area contributed by atoms with Crippen molar-refractivity contribution in [3.8, 4) is 0 Å². The van der Waals surface area contributed by atoms with Gasteiger partial charge in [-0.15, -0.1) is 0 Å². The molecule has 0 spiro atoms. The van der Waals surface area contributed by atoms with E-state index in [2.05, 4.69) is 194 Å². The van der Waals surface area contributed by atoms with E-state index in [1.54, 1.807) is 0 Å². The van der Waals surface area contributed by atoms with E-state index < -0.39 is 17.4 Å². The first-order valence-corrected chi connectivity index (χ1v) is 35.0. The summed E-state index contributed by atoms with van der Waals surface area (Å²) in [5.74, 6) is 1.52. The second-order valence-electron chi connectivity index (χ2n) is 39.5. The lowest BCUT2D eigenvalue weighted by atomic mass is 9.51. The van der Waals surface area contributed by atoms with Crippen LogP contribution in [0.5, 0.6) is 0 Å². The molecular weight excluding hydrogens is 1050 g/mol. The highest BCUT2D eigenvalue weighted by molar-refractivity contribution is 5.14. The van der Waals surface area contributed by atoms with Crippen LogP contribution in [0.2, 0.25) is 0 Å². The van der Waals surface area contributed by atoms with Gasteiger partial charge >= 0.3 is 0 Å². The number of hydrogen-bond donors (Lipinski definition) is 7. The number of aliphatic hydroxyl groups is 1. The monoisotopic (exact) mass is 1210 g/mol. The van der Waals surface area contributed by atoms with E-state index in [1.807, 2.05) is 41.5 Å². The maximum Gasteiger partial charge on any atom is 0.250 e. The summed E-state index contributed by atoms with van der Waals surface area (Å²) >= 11 is 0. The summed E-state index contributed by atoms with van der Waals surface area (Å²) in [5, 5.41) is 9.77. The highest BCUT2D eigenvalue weighted by atomic mass is 19.3. The Balaban J connectivity index is 0.000000511. The number of rotatable bonds is 4. The normalized spacial score (nSPS) is 32.9. The Kier molecular flexibility index (Phi) is 27.2. The quantitative estimate of drug-likeness (QED) is 0.147. The van der Waals surface area contributed by atoms with Gasteiger partial charge < -0.3 is 39.5 Å². The third-order valence-electron chi connectivity index (χ3n) is 26.2. The highest BCUT2D eigenvalue weighted by Crippen LogP contribution is 2.65. The molecule has 6 aliphatic carbocycles. The molecule has 9 heteroatoms. The van der Waals surface area contributed by atoms with Gasteiger partial charge in [0, 0.05) is 54.5 Å². The molecule has 13 N–H and O–H groups in total. The molecule has 6 saturated carbocycles. The summed E-state index contributed by atoms with van der Waals surface area (Å²) < 4.78 is 27.3. The zero-order chi connectivity index (χ0) is 67.9. The van der Waals surface area contributed by atoms with Gasteiger partial charge in [0.25, 0.3) is 0 Å². The van der Waals surface area contributed by atoms with E-state index in [1.165, 1.54) is 64.2 Å². The van der Waals surface area contributed by atoms with Crippen LogP contribution in [0.3, 0.4) is 0 Å². The molecule has 0 bridgehead atoms. The Morgan fingerprint density at radius 1 is 0.376 bits per heavy atom. The van der Waals surface area contributed by atoms with Crippen molar-refractivity contribution in [1.29, 1.82) is 0 Å². The third-order valence-corrected chi connectivity index (χ3v) is 26.2. The molecule has 0 aromatic heterocycles. The average Bonchev–Trinajstić information content (AvgIpc) is 3.12. The molecule has 6 fully saturated rings. The van der Waals surface area contributed by atoms with Gasteiger partial charge in [-0.3, -0.25) is 0 Å². The van der Waals surface area contributed by atoms with Gasteiger partial charge in [-0.25, -0.2) is 8.78 Å². The fraction of sp³-hybridized carbons (Fsp3) is 1.00. The predicted octanol–water partition coefficient (Wildman–Crippen LogP) is 19.6. The zero-order valence-electron chi connectivity index (χ0n) is 63.6. The van der Waals surface area contributed by atoms with Crippen LogP contribution in [-0.2, 0) is 0 Å². The smallest absolute Gasteiger partial charge is 0.250 e. The van der Waals surface area contributed by atoms with Crippen LogP contribution in [0.15, 0.2) is 0 Å². The average molecular weight is 1210 g/mol. The molecule has 11 atom stereocenters. The fourth-order valence-electron chi connectivity index (χ4n) is 22.6. The topological polar surface area (TPSA) is 176 Å². The Morgan fingerprint density at radius 3 is 0.894 bits per heavy atom. The first-order valence-electron chi connectivity index (χ1n) is 35.0. The molecule has 7 nitrogen and oxygen atoms in total. The van der Waals surface area contributed by atoms with Crippen LogP contribution in [0.1, 0.15) is 325 Å². The van der Waals surface area contributed by atoms with Crippen molar-refractivity contribution in [2.75, 3.05) is 0 Å². The van der Waals surface area contributed by atoms with E-state index in [4.69, 9.17) is 34.4 Å². The Hall–Kier alpha value is -0.420. The third kappa shape index (κ3) is 16.3. The number of alkyl halides is 2. The lowest BCUT2D eigenvalue weighted by Gasteiger charge is -2.55. The standard InChI is InChI=1S/2C14H29N.C13H25F2N.C12H25NO.C12H25N.C11H23N/c1-10-8-11(15)14(9-10,12(2,3)4)13(5,6)7;1-10-8-9-14(11(10)15,12(2,3)4)13(5,6)7;1-10(2,3)13(11(4,5)6)8-12(14,15)7-9(13)16;1-8(2)12(11(3,4)5)7-9(14)6-10(12)13;1-9(2)12(11(3,4)5)8-6-7-10(12)13;1-8(2)11(9(3)4)7-5-6-10(11)12/h2*10-11H,8-9,15H2,1-7H3;9H,7-8,16H2,1-6H3;8-10,14H,6-7,13H2,1-5H3;9-10H,6-8,13H2,1-5H3;8-10H,5-7,12H2,1-4H3/t2*10?,11-;9-;9-,10+,12?;10-,12?;10-/m111001/s1. The summed E-state index contributed by atoms with van der Waals surface area (Å²) in [6, 6.07) is 1.26. The van der Waals surface area contributed by atoms with Gasteiger partial charge in [0.1, 0.15) is 0 Å². The van der Waals surface area contributed by atoms with E-state index >= 15 is 0 Å². The van der Waals surface area contributed by atoms with Gasteiger partial charge in [0.15, 0.2) is 0 Å². The van der Waals surface area contributed by atoms with Gasteiger partial charge in [-0.2, -0.15) is 0 Å². The van der Waals surface area contributed by atoms with Gasteiger partial charge in [-0.05, 0) is 170 Å². The molecule has 0 aromatic carbocycles. The van der Waals surface area contributed by atoms with Crippen LogP contribution in [0.25, 0.3) is 0 Å². The molecule has 85 heavy (non-hydrogen) atoms. The second kappa shape index (κ2) is 28.0. The Bertz CT molecular complexity index is 1930. The maximum atomic E-state index is 13.7. The molecule has 0 amide bonds. The Labute approximate surface area is 530 Å². The molecule has 0 saturated heterocycles. The minimum Gasteiger partial charge on any atom is -0.393 e. The highest BCUT2D eigenvalue weighted by Gasteiger charge is 2.65. The lowest BCUT2D eigenvalue weighted by molar-refractivity contribution is -0.0761.